The number of hydrogen-bond acceptors (Lipinski definition) is 0. The molecule has 0 radical (unpaired) electrons. The molecule has 0 saturated heterocycles. The smallest absolute Gasteiger partial charge is 0.0574 e. The first kappa shape index (κ1) is 5.96. The monoisotopic (exact) mass is 100 g/mol. The minimum atomic E-state index is -0.397. The third-order valence-corrected chi connectivity index (χ3v) is 3.14. The summed E-state index contributed by atoms with van der Waals surface area (Å²) < 4.78 is 0. The molecule has 0 nitrogen and oxygen atoms in total. The zero-order valence-electron chi connectivity index (χ0n) is 4.57. The first-order valence-electron chi connectivity index (χ1n) is 2.43. The highest BCUT2D eigenvalue weighted by molar-refractivity contribution is 6.62. The molecule has 1 atom stereocenters. The van der Waals surface area contributed by atoms with E-state index in [1.807, 2.05) is 0 Å². The van der Waals surface area contributed by atoms with Crippen molar-refractivity contribution in [2.75, 3.05) is 0 Å². The van der Waals surface area contributed by atoms with Crippen LogP contribution in [-0.2, 0) is 0 Å². The van der Waals surface area contributed by atoms with Gasteiger partial charge in [0.2, 0.25) is 0 Å². The van der Waals surface area contributed by atoms with Gasteiger partial charge in [0.1, 0.15) is 0 Å². The van der Waals surface area contributed by atoms with Gasteiger partial charge in [-0.05, 0) is 0 Å². The third kappa shape index (κ3) is 2.21. The van der Waals surface area contributed by atoms with E-state index < -0.39 is 8.80 Å². The summed E-state index contributed by atoms with van der Waals surface area (Å²) in [4.78, 5) is 0. The molecule has 0 aromatic carbocycles. The van der Waals surface area contributed by atoms with Crippen LogP contribution in [0.15, 0.2) is 12.3 Å². The Kier molecular flexibility index (Phi) is 3.14. The van der Waals surface area contributed by atoms with E-state index in [0.717, 1.165) is 0 Å². The molecule has 0 aromatic heterocycles. The van der Waals surface area contributed by atoms with Gasteiger partial charge in [-0.25, -0.2) is 0 Å². The second kappa shape index (κ2) is 3.16. The highest BCUT2D eigenvalue weighted by atomic mass is 28.3. The minimum absolute atomic E-state index is 0.397. The Hall–Kier alpha value is -0.0431. The van der Waals surface area contributed by atoms with Crippen LogP contribution in [0.5, 0.6) is 0 Å². The van der Waals surface area contributed by atoms with Gasteiger partial charge in [-0.3, -0.25) is 0 Å². The van der Waals surface area contributed by atoms with Crippen LogP contribution in [0.25, 0.3) is 0 Å². The predicted octanol–water partition coefficient (Wildman–Crippen LogP) is 1.59. The lowest BCUT2D eigenvalue weighted by atomic mass is 11.0. The molecule has 36 valence electrons. The highest BCUT2D eigenvalue weighted by Crippen LogP contribution is 1.87. The van der Waals surface area contributed by atoms with Crippen LogP contribution in [0, 0.1) is 0 Å². The fraction of sp³-hybridized carbons (Fsp3) is 0.600. The molecular formula is C5H12Si. The molecule has 0 heterocycles. The highest BCUT2D eigenvalue weighted by Gasteiger charge is 1.87. The lowest BCUT2D eigenvalue weighted by Gasteiger charge is -1.91. The van der Waals surface area contributed by atoms with Crippen LogP contribution in [0.4, 0.5) is 0 Å². The van der Waals surface area contributed by atoms with E-state index in [1.54, 1.807) is 0 Å². The van der Waals surface area contributed by atoms with Crippen molar-refractivity contribution in [3.05, 3.63) is 12.3 Å². The Bertz CT molecular complexity index is 41.2. The molecule has 0 rings (SSSR count). The van der Waals surface area contributed by atoms with Gasteiger partial charge in [-0.2, -0.15) is 0 Å². The summed E-state index contributed by atoms with van der Waals surface area (Å²) in [6.07, 6.45) is 0. The van der Waals surface area contributed by atoms with Gasteiger partial charge in [-0.15, -0.1) is 12.3 Å². The molecule has 0 saturated carbocycles. The third-order valence-electron chi connectivity index (χ3n) is 1.05. The van der Waals surface area contributed by atoms with Crippen molar-refractivity contribution in [1.82, 2.24) is 0 Å². The lowest BCUT2D eigenvalue weighted by molar-refractivity contribution is 1.43. The summed E-state index contributed by atoms with van der Waals surface area (Å²) in [5.74, 6) is 0. The largest absolute Gasteiger partial charge is 0.107 e. The molecule has 6 heavy (non-hydrogen) atoms. The van der Waals surface area contributed by atoms with Gasteiger partial charge < -0.3 is 0 Å². The molecule has 0 spiro atoms. The fourth-order valence-corrected chi connectivity index (χ4v) is 0.500. The van der Waals surface area contributed by atoms with Crippen LogP contribution in [0.1, 0.15) is 6.92 Å². The van der Waals surface area contributed by atoms with Gasteiger partial charge in [0.05, 0.1) is 8.80 Å². The summed E-state index contributed by atoms with van der Waals surface area (Å²) in [6, 6.07) is 1.35. The number of hydrogen-bond donors (Lipinski definition) is 0. The van der Waals surface area contributed by atoms with Crippen molar-refractivity contribution < 1.29 is 0 Å². The van der Waals surface area contributed by atoms with E-state index in [1.165, 1.54) is 6.04 Å². The molecule has 0 amide bonds. The van der Waals surface area contributed by atoms with Crippen LogP contribution in [0.3, 0.4) is 0 Å². The van der Waals surface area contributed by atoms with Gasteiger partial charge >= 0.3 is 0 Å². The first-order valence-corrected chi connectivity index (χ1v) is 5.07. The SMILES string of the molecule is C=C[SiH](C)CC. The van der Waals surface area contributed by atoms with Crippen molar-refractivity contribution in [2.24, 2.45) is 0 Å². The van der Waals surface area contributed by atoms with Gasteiger partial charge in [0, 0.05) is 0 Å². The summed E-state index contributed by atoms with van der Waals surface area (Å²) in [5, 5.41) is 0. The summed E-state index contributed by atoms with van der Waals surface area (Å²) >= 11 is 0. The average molecular weight is 100 g/mol. The minimum Gasteiger partial charge on any atom is -0.107 e. The molecule has 0 bridgehead atoms. The van der Waals surface area contributed by atoms with Crippen LogP contribution in [0.2, 0.25) is 12.6 Å². The Morgan fingerprint density at radius 3 is 2.33 bits per heavy atom. The molecule has 0 aliphatic carbocycles. The molecule has 0 fully saturated rings. The molecule has 0 aromatic rings. The second-order valence-corrected chi connectivity index (χ2v) is 4.86. The Morgan fingerprint density at radius 2 is 2.33 bits per heavy atom. The molecular weight excluding hydrogens is 88.1 g/mol. The van der Waals surface area contributed by atoms with E-state index >= 15 is 0 Å². The van der Waals surface area contributed by atoms with Crippen molar-refractivity contribution >= 4 is 8.80 Å². The second-order valence-electron chi connectivity index (χ2n) is 1.62. The fourth-order valence-electron chi connectivity index (χ4n) is 0.167. The van der Waals surface area contributed by atoms with Crippen LogP contribution in [-0.4, -0.2) is 8.80 Å². The quantitative estimate of drug-likeness (QED) is 0.462. The summed E-state index contributed by atoms with van der Waals surface area (Å²) in [7, 11) is -0.397. The summed E-state index contributed by atoms with van der Waals surface area (Å²) in [6.45, 7) is 8.21. The van der Waals surface area contributed by atoms with E-state index in [0.29, 0.717) is 0 Å². The normalized spacial score (nSPS) is 13.7. The Balaban J connectivity index is 2.96. The van der Waals surface area contributed by atoms with E-state index in [2.05, 4.69) is 25.7 Å². The maximum absolute atomic E-state index is 3.69. The topological polar surface area (TPSA) is 0 Å². The average Bonchev–Trinajstić information content (AvgIpc) is 1.65. The van der Waals surface area contributed by atoms with E-state index in [4.69, 9.17) is 0 Å². The van der Waals surface area contributed by atoms with E-state index in [9.17, 15) is 0 Å². The molecule has 0 N–H and O–H groups in total. The molecule has 0 aliphatic rings. The number of rotatable bonds is 2. The molecule has 0 aliphatic heterocycles. The summed E-state index contributed by atoms with van der Waals surface area (Å²) in [5.41, 5.74) is 2.11. The van der Waals surface area contributed by atoms with Gasteiger partial charge in [-0.1, -0.05) is 19.5 Å². The predicted molar refractivity (Wildman–Crippen MR) is 33.7 cm³/mol. The van der Waals surface area contributed by atoms with Gasteiger partial charge in [0.25, 0.3) is 0 Å². The molecule has 1 heteroatoms. The first-order chi connectivity index (χ1) is 2.81. The van der Waals surface area contributed by atoms with Crippen LogP contribution >= 0.6 is 0 Å². The maximum Gasteiger partial charge on any atom is 0.0574 e. The van der Waals surface area contributed by atoms with Gasteiger partial charge in [0.15, 0.2) is 0 Å². The van der Waals surface area contributed by atoms with Crippen LogP contribution < -0.4 is 0 Å². The van der Waals surface area contributed by atoms with Crippen molar-refractivity contribution in [2.45, 2.75) is 19.5 Å². The lowest BCUT2D eigenvalue weighted by Crippen LogP contribution is -1.96. The molecule has 1 unspecified atom stereocenters. The Labute approximate surface area is 41.5 Å². The zero-order valence-corrected chi connectivity index (χ0v) is 5.72. The standard InChI is InChI=1S/C5H12Si/c1-4-6(3)5-2/h4,6H,1,5H2,2-3H3. The maximum atomic E-state index is 3.69. The van der Waals surface area contributed by atoms with E-state index in [-0.39, 0.29) is 0 Å². The van der Waals surface area contributed by atoms with Crippen molar-refractivity contribution in [3.63, 3.8) is 0 Å². The van der Waals surface area contributed by atoms with Crippen molar-refractivity contribution in [3.8, 4) is 0 Å². The Morgan fingerprint density at radius 1 is 1.83 bits per heavy atom. The zero-order chi connectivity index (χ0) is 4.99. The van der Waals surface area contributed by atoms with Crippen molar-refractivity contribution in [1.29, 1.82) is 0 Å².